The van der Waals surface area contributed by atoms with Crippen LogP contribution in [0.2, 0.25) is 0 Å². The zero-order valence-electron chi connectivity index (χ0n) is 15.4. The molecule has 3 heteroatoms. The number of carbonyl (C=O) groups excluding carboxylic acids is 1. The highest BCUT2D eigenvalue weighted by atomic mass is 16.5. The Balaban J connectivity index is 1.47. The van der Waals surface area contributed by atoms with E-state index in [2.05, 4.69) is 23.5 Å². The maximum absolute atomic E-state index is 12.2. The molecule has 26 heavy (non-hydrogen) atoms. The molecule has 1 unspecified atom stereocenters. The summed E-state index contributed by atoms with van der Waals surface area (Å²) in [5.41, 5.74) is 3.78. The minimum Gasteiger partial charge on any atom is -0.481 e. The van der Waals surface area contributed by atoms with Crippen LogP contribution in [0.3, 0.4) is 0 Å². The van der Waals surface area contributed by atoms with Gasteiger partial charge in [0.15, 0.2) is 6.10 Å². The summed E-state index contributed by atoms with van der Waals surface area (Å²) in [6, 6.07) is 18.1. The molecule has 1 amide bonds. The van der Waals surface area contributed by atoms with Crippen molar-refractivity contribution in [3.05, 3.63) is 66.2 Å². The van der Waals surface area contributed by atoms with Crippen molar-refractivity contribution in [2.45, 2.75) is 45.1 Å². The van der Waals surface area contributed by atoms with Crippen molar-refractivity contribution in [1.82, 2.24) is 5.32 Å². The van der Waals surface area contributed by atoms with Gasteiger partial charge in [0, 0.05) is 6.54 Å². The standard InChI is InChI=1S/C23H27NO2/c1-18(23(25)24-17-16-19-8-4-2-5-9-19)26-22-14-12-21(13-15-22)20-10-6-3-7-11-20/h3,6-8,10-15,18H,2,4-5,9,16-17H2,1H3,(H,24,25). The predicted molar refractivity (Wildman–Crippen MR) is 106 cm³/mol. The number of hydrogen-bond donors (Lipinski definition) is 1. The Labute approximate surface area is 156 Å². The number of ether oxygens (including phenoxy) is 1. The quantitative estimate of drug-likeness (QED) is 0.704. The van der Waals surface area contributed by atoms with Gasteiger partial charge in [-0.2, -0.15) is 0 Å². The van der Waals surface area contributed by atoms with E-state index in [1.165, 1.54) is 36.8 Å². The summed E-state index contributed by atoms with van der Waals surface area (Å²) in [4.78, 5) is 12.2. The van der Waals surface area contributed by atoms with Gasteiger partial charge < -0.3 is 10.1 Å². The normalized spacial score (nSPS) is 15.0. The van der Waals surface area contributed by atoms with Crippen LogP contribution in [0.4, 0.5) is 0 Å². The Morgan fingerprint density at radius 3 is 2.46 bits per heavy atom. The molecule has 0 saturated carbocycles. The van der Waals surface area contributed by atoms with Gasteiger partial charge in [-0.05, 0) is 62.3 Å². The minimum atomic E-state index is -0.502. The van der Waals surface area contributed by atoms with Crippen LogP contribution in [-0.2, 0) is 4.79 Å². The van der Waals surface area contributed by atoms with Gasteiger partial charge in [0.25, 0.3) is 5.91 Å². The SMILES string of the molecule is CC(Oc1ccc(-c2ccccc2)cc1)C(=O)NCCC1=CCCCC1. The summed E-state index contributed by atoms with van der Waals surface area (Å²) in [6.07, 6.45) is 7.70. The Morgan fingerprint density at radius 1 is 1.04 bits per heavy atom. The number of hydrogen-bond acceptors (Lipinski definition) is 2. The Bertz CT molecular complexity index is 735. The van der Waals surface area contributed by atoms with Gasteiger partial charge in [-0.1, -0.05) is 54.1 Å². The lowest BCUT2D eigenvalue weighted by Gasteiger charge is -2.16. The van der Waals surface area contributed by atoms with Crippen LogP contribution < -0.4 is 10.1 Å². The van der Waals surface area contributed by atoms with Gasteiger partial charge in [0.2, 0.25) is 0 Å². The maximum Gasteiger partial charge on any atom is 0.260 e. The third kappa shape index (κ3) is 5.22. The third-order valence-corrected chi connectivity index (χ3v) is 4.77. The molecule has 136 valence electrons. The molecule has 1 aliphatic carbocycles. The molecular formula is C23H27NO2. The molecule has 1 atom stereocenters. The van der Waals surface area contributed by atoms with Crippen LogP contribution in [0.15, 0.2) is 66.2 Å². The Kier molecular flexibility index (Phi) is 6.48. The Hall–Kier alpha value is -2.55. The smallest absolute Gasteiger partial charge is 0.260 e. The lowest BCUT2D eigenvalue weighted by atomic mass is 9.97. The van der Waals surface area contributed by atoms with Crippen molar-refractivity contribution in [3.8, 4) is 16.9 Å². The Morgan fingerprint density at radius 2 is 1.77 bits per heavy atom. The van der Waals surface area contributed by atoms with E-state index in [1.807, 2.05) is 42.5 Å². The first-order chi connectivity index (χ1) is 12.7. The highest BCUT2D eigenvalue weighted by molar-refractivity contribution is 5.80. The molecule has 0 fully saturated rings. The van der Waals surface area contributed by atoms with Crippen molar-refractivity contribution in [3.63, 3.8) is 0 Å². The fourth-order valence-electron chi connectivity index (χ4n) is 3.24. The van der Waals surface area contributed by atoms with E-state index in [9.17, 15) is 4.79 Å². The molecule has 0 heterocycles. The zero-order chi connectivity index (χ0) is 18.2. The largest absolute Gasteiger partial charge is 0.481 e. The highest BCUT2D eigenvalue weighted by Gasteiger charge is 2.14. The topological polar surface area (TPSA) is 38.3 Å². The average molecular weight is 349 g/mol. The second-order valence-corrected chi connectivity index (χ2v) is 6.80. The molecule has 0 aromatic heterocycles. The van der Waals surface area contributed by atoms with Crippen LogP contribution in [0.25, 0.3) is 11.1 Å². The van der Waals surface area contributed by atoms with Crippen LogP contribution in [0.1, 0.15) is 39.0 Å². The van der Waals surface area contributed by atoms with Crippen molar-refractivity contribution in [2.75, 3.05) is 6.54 Å². The van der Waals surface area contributed by atoms with E-state index < -0.39 is 6.10 Å². The van der Waals surface area contributed by atoms with Crippen LogP contribution in [-0.4, -0.2) is 18.6 Å². The second-order valence-electron chi connectivity index (χ2n) is 6.80. The molecule has 0 radical (unpaired) electrons. The van der Waals surface area contributed by atoms with Crippen molar-refractivity contribution >= 4 is 5.91 Å². The summed E-state index contributed by atoms with van der Waals surface area (Å²) in [6.45, 7) is 2.48. The van der Waals surface area contributed by atoms with E-state index in [0.717, 1.165) is 12.0 Å². The first-order valence-corrected chi connectivity index (χ1v) is 9.50. The summed E-state index contributed by atoms with van der Waals surface area (Å²) in [5, 5.41) is 2.98. The summed E-state index contributed by atoms with van der Waals surface area (Å²) >= 11 is 0. The third-order valence-electron chi connectivity index (χ3n) is 4.77. The van der Waals surface area contributed by atoms with Crippen molar-refractivity contribution in [1.29, 1.82) is 0 Å². The summed E-state index contributed by atoms with van der Waals surface area (Å²) in [7, 11) is 0. The van der Waals surface area contributed by atoms with E-state index in [-0.39, 0.29) is 5.91 Å². The van der Waals surface area contributed by atoms with Crippen LogP contribution in [0, 0.1) is 0 Å². The lowest BCUT2D eigenvalue weighted by molar-refractivity contribution is -0.127. The number of amides is 1. The highest BCUT2D eigenvalue weighted by Crippen LogP contribution is 2.23. The zero-order valence-corrected chi connectivity index (χ0v) is 15.4. The number of rotatable bonds is 7. The van der Waals surface area contributed by atoms with E-state index >= 15 is 0 Å². The van der Waals surface area contributed by atoms with Gasteiger partial charge >= 0.3 is 0 Å². The maximum atomic E-state index is 12.2. The number of nitrogens with one attached hydrogen (secondary N) is 1. The molecule has 3 rings (SSSR count). The van der Waals surface area contributed by atoms with Crippen LogP contribution >= 0.6 is 0 Å². The molecule has 0 aliphatic heterocycles. The van der Waals surface area contributed by atoms with Gasteiger partial charge in [-0.3, -0.25) is 4.79 Å². The first kappa shape index (κ1) is 18.2. The van der Waals surface area contributed by atoms with Crippen molar-refractivity contribution in [2.24, 2.45) is 0 Å². The molecule has 2 aromatic carbocycles. The predicted octanol–water partition coefficient (Wildman–Crippen LogP) is 5.13. The van der Waals surface area contributed by atoms with Gasteiger partial charge in [-0.25, -0.2) is 0 Å². The van der Waals surface area contributed by atoms with Gasteiger partial charge in [0.1, 0.15) is 5.75 Å². The van der Waals surface area contributed by atoms with E-state index in [0.29, 0.717) is 12.3 Å². The fraction of sp³-hybridized carbons (Fsp3) is 0.348. The minimum absolute atomic E-state index is 0.0615. The average Bonchev–Trinajstić information content (AvgIpc) is 2.70. The monoisotopic (exact) mass is 349 g/mol. The molecular weight excluding hydrogens is 322 g/mol. The van der Waals surface area contributed by atoms with Crippen LogP contribution in [0.5, 0.6) is 5.75 Å². The number of allylic oxidation sites excluding steroid dienone is 1. The fourth-order valence-corrected chi connectivity index (χ4v) is 3.24. The van der Waals surface area contributed by atoms with Crippen molar-refractivity contribution < 1.29 is 9.53 Å². The molecule has 0 saturated heterocycles. The number of benzene rings is 2. The molecule has 1 N–H and O–H groups in total. The molecule has 3 nitrogen and oxygen atoms in total. The molecule has 1 aliphatic rings. The van der Waals surface area contributed by atoms with Gasteiger partial charge in [-0.15, -0.1) is 0 Å². The van der Waals surface area contributed by atoms with E-state index in [1.54, 1.807) is 6.92 Å². The summed E-state index contributed by atoms with van der Waals surface area (Å²) < 4.78 is 5.78. The second kappa shape index (κ2) is 9.23. The van der Waals surface area contributed by atoms with Gasteiger partial charge in [0.05, 0.1) is 0 Å². The molecule has 0 bridgehead atoms. The molecule has 0 spiro atoms. The summed E-state index contributed by atoms with van der Waals surface area (Å²) in [5.74, 6) is 0.649. The number of carbonyl (C=O) groups is 1. The van der Waals surface area contributed by atoms with E-state index in [4.69, 9.17) is 4.74 Å². The first-order valence-electron chi connectivity index (χ1n) is 9.50. The lowest BCUT2D eigenvalue weighted by Crippen LogP contribution is -2.36. The molecule has 2 aromatic rings.